The lowest BCUT2D eigenvalue weighted by Crippen LogP contribution is -2.44. The minimum Gasteiger partial charge on any atom is -0.383 e. The highest BCUT2D eigenvalue weighted by Gasteiger charge is 2.24. The minimum absolute atomic E-state index is 0.533. The molecule has 0 aliphatic carbocycles. The maximum atomic E-state index is 6.63. The molecule has 4 aromatic rings. The fraction of sp³-hybridized carbons (Fsp3) is 0.333. The van der Waals surface area contributed by atoms with Crippen molar-refractivity contribution in [2.24, 2.45) is 0 Å². The van der Waals surface area contributed by atoms with Gasteiger partial charge in [0, 0.05) is 61.5 Å². The second kappa shape index (κ2) is 8.42. The van der Waals surface area contributed by atoms with E-state index < -0.39 is 0 Å². The van der Waals surface area contributed by atoms with E-state index in [0.29, 0.717) is 11.6 Å². The summed E-state index contributed by atoms with van der Waals surface area (Å²) in [4.78, 5) is 18.9. The smallest absolute Gasteiger partial charge is 0.162 e. The number of benzene rings is 2. The van der Waals surface area contributed by atoms with Gasteiger partial charge in [0.15, 0.2) is 5.82 Å². The fourth-order valence-electron chi connectivity index (χ4n) is 4.86. The summed E-state index contributed by atoms with van der Waals surface area (Å²) in [5.41, 5.74) is 10.9. The number of piperazine rings is 1. The lowest BCUT2D eigenvalue weighted by Gasteiger charge is -2.34. The van der Waals surface area contributed by atoms with E-state index >= 15 is 0 Å². The molecule has 33 heavy (non-hydrogen) atoms. The summed E-state index contributed by atoms with van der Waals surface area (Å²) in [6, 6.07) is 14.3. The molecule has 0 radical (unpaired) electrons. The maximum absolute atomic E-state index is 6.63. The number of nitrogen functional groups attached to an aromatic ring is 1. The second-order valence-electron chi connectivity index (χ2n) is 8.60. The van der Waals surface area contributed by atoms with Crippen molar-refractivity contribution in [2.45, 2.75) is 19.6 Å². The first-order valence-electron chi connectivity index (χ1n) is 11.5. The van der Waals surface area contributed by atoms with Crippen LogP contribution in [0.2, 0.25) is 0 Å². The maximum Gasteiger partial charge on any atom is 0.162 e. The SMILES string of the molecule is Nc1nc(-c2ccccc2)nc2ccc(N3CCNCC3)c(CN3CCn4ncnc4C3)c12. The Morgan fingerprint density at radius 2 is 1.79 bits per heavy atom. The van der Waals surface area contributed by atoms with E-state index in [2.05, 4.69) is 37.3 Å². The Hall–Kier alpha value is -3.56. The van der Waals surface area contributed by atoms with E-state index in [1.165, 1.54) is 11.3 Å². The Bertz CT molecular complexity index is 1280. The Labute approximate surface area is 192 Å². The largest absolute Gasteiger partial charge is 0.383 e. The summed E-state index contributed by atoms with van der Waals surface area (Å²) in [7, 11) is 0. The molecule has 9 nitrogen and oxygen atoms in total. The van der Waals surface area contributed by atoms with Gasteiger partial charge in [0.25, 0.3) is 0 Å². The van der Waals surface area contributed by atoms with Gasteiger partial charge in [-0.1, -0.05) is 30.3 Å². The van der Waals surface area contributed by atoms with Gasteiger partial charge in [-0.05, 0) is 12.1 Å². The highest BCUT2D eigenvalue weighted by Crippen LogP contribution is 2.34. The summed E-state index contributed by atoms with van der Waals surface area (Å²) in [5.74, 6) is 2.19. The van der Waals surface area contributed by atoms with Crippen LogP contribution in [-0.4, -0.2) is 62.4 Å². The number of nitrogens with two attached hydrogens (primary N) is 1. The molecule has 0 amide bonds. The van der Waals surface area contributed by atoms with E-state index in [4.69, 9.17) is 15.7 Å². The molecule has 0 spiro atoms. The first-order valence-corrected chi connectivity index (χ1v) is 11.5. The molecule has 0 bridgehead atoms. The van der Waals surface area contributed by atoms with Gasteiger partial charge in [-0.25, -0.2) is 19.6 Å². The van der Waals surface area contributed by atoms with Crippen LogP contribution in [0.15, 0.2) is 48.8 Å². The predicted molar refractivity (Wildman–Crippen MR) is 129 cm³/mol. The Kier molecular flexibility index (Phi) is 5.12. The molecule has 0 saturated carbocycles. The van der Waals surface area contributed by atoms with E-state index in [1.807, 2.05) is 35.0 Å². The zero-order chi connectivity index (χ0) is 22.2. The van der Waals surface area contributed by atoms with Gasteiger partial charge in [-0.2, -0.15) is 5.10 Å². The van der Waals surface area contributed by atoms with Crippen molar-refractivity contribution in [3.05, 3.63) is 60.2 Å². The molecule has 0 unspecified atom stereocenters. The van der Waals surface area contributed by atoms with Crippen LogP contribution in [-0.2, 0) is 19.6 Å². The molecular weight excluding hydrogens is 414 g/mol. The number of nitrogens with one attached hydrogen (secondary N) is 1. The molecule has 1 saturated heterocycles. The second-order valence-corrected chi connectivity index (χ2v) is 8.60. The number of anilines is 2. The van der Waals surface area contributed by atoms with Crippen LogP contribution in [0.25, 0.3) is 22.3 Å². The zero-order valence-corrected chi connectivity index (χ0v) is 18.5. The standard InChI is InChI=1S/C24H27N9/c25-23-22-18(14-31-12-13-33-21(15-31)27-16-28-33)20(32-10-8-26-9-11-32)7-6-19(22)29-24(30-23)17-4-2-1-3-5-17/h1-7,16,26H,8-15H2,(H2,25,29,30). The summed E-state index contributed by atoms with van der Waals surface area (Å²) in [5, 5.41) is 8.72. The van der Waals surface area contributed by atoms with Crippen LogP contribution in [0.4, 0.5) is 11.5 Å². The summed E-state index contributed by atoms with van der Waals surface area (Å²) in [6.07, 6.45) is 1.64. The van der Waals surface area contributed by atoms with E-state index in [-0.39, 0.29) is 0 Å². The highest BCUT2D eigenvalue weighted by atomic mass is 15.4. The molecule has 2 aromatic heterocycles. The molecule has 1 fully saturated rings. The first-order chi connectivity index (χ1) is 16.3. The van der Waals surface area contributed by atoms with Crippen LogP contribution < -0.4 is 16.0 Å². The summed E-state index contributed by atoms with van der Waals surface area (Å²) >= 11 is 0. The molecule has 4 heterocycles. The van der Waals surface area contributed by atoms with Crippen molar-refractivity contribution in [2.75, 3.05) is 43.4 Å². The van der Waals surface area contributed by atoms with Crippen LogP contribution in [0.1, 0.15) is 11.4 Å². The van der Waals surface area contributed by atoms with Crippen LogP contribution in [0, 0.1) is 0 Å². The number of nitrogens with zero attached hydrogens (tertiary/aromatic N) is 7. The third-order valence-electron chi connectivity index (χ3n) is 6.54. The van der Waals surface area contributed by atoms with Gasteiger partial charge >= 0.3 is 0 Å². The van der Waals surface area contributed by atoms with E-state index in [9.17, 15) is 0 Å². The first kappa shape index (κ1) is 20.1. The summed E-state index contributed by atoms with van der Waals surface area (Å²) in [6.45, 7) is 7.17. The average Bonchev–Trinajstić information content (AvgIpc) is 3.33. The number of aromatic nitrogens is 5. The van der Waals surface area contributed by atoms with Crippen molar-refractivity contribution >= 4 is 22.4 Å². The minimum atomic E-state index is 0.533. The average molecular weight is 442 g/mol. The van der Waals surface area contributed by atoms with Gasteiger partial charge in [0.2, 0.25) is 0 Å². The number of hydrogen-bond donors (Lipinski definition) is 2. The fourth-order valence-corrected chi connectivity index (χ4v) is 4.86. The molecular formula is C24H27N9. The molecule has 0 atom stereocenters. The monoisotopic (exact) mass is 441 g/mol. The predicted octanol–water partition coefficient (Wildman–Crippen LogP) is 1.90. The molecule has 2 aromatic carbocycles. The zero-order valence-electron chi connectivity index (χ0n) is 18.5. The van der Waals surface area contributed by atoms with Crippen molar-refractivity contribution in [3.63, 3.8) is 0 Å². The number of hydrogen-bond acceptors (Lipinski definition) is 8. The van der Waals surface area contributed by atoms with Gasteiger partial charge in [0.1, 0.15) is 18.0 Å². The lowest BCUT2D eigenvalue weighted by atomic mass is 10.0. The molecule has 168 valence electrons. The Morgan fingerprint density at radius 3 is 2.64 bits per heavy atom. The van der Waals surface area contributed by atoms with Crippen molar-refractivity contribution < 1.29 is 0 Å². The van der Waals surface area contributed by atoms with Gasteiger partial charge < -0.3 is 16.0 Å². The van der Waals surface area contributed by atoms with Crippen LogP contribution >= 0.6 is 0 Å². The molecule has 6 rings (SSSR count). The third kappa shape index (κ3) is 3.79. The van der Waals surface area contributed by atoms with Crippen molar-refractivity contribution in [3.8, 4) is 11.4 Å². The normalized spacial score (nSPS) is 16.8. The Balaban J connectivity index is 1.45. The molecule has 2 aliphatic rings. The highest BCUT2D eigenvalue weighted by molar-refractivity contribution is 5.96. The molecule has 3 N–H and O–H groups in total. The number of fused-ring (bicyclic) bond motifs is 2. The van der Waals surface area contributed by atoms with Gasteiger partial charge in [-0.3, -0.25) is 4.90 Å². The molecule has 9 heteroatoms. The van der Waals surface area contributed by atoms with Crippen molar-refractivity contribution in [1.82, 2.24) is 34.9 Å². The lowest BCUT2D eigenvalue weighted by molar-refractivity contribution is 0.202. The third-order valence-corrected chi connectivity index (χ3v) is 6.54. The Morgan fingerprint density at radius 1 is 0.939 bits per heavy atom. The summed E-state index contributed by atoms with van der Waals surface area (Å²) < 4.78 is 1.99. The quantitative estimate of drug-likeness (QED) is 0.495. The topological polar surface area (TPSA) is 101 Å². The van der Waals surface area contributed by atoms with Crippen LogP contribution in [0.3, 0.4) is 0 Å². The van der Waals surface area contributed by atoms with Crippen LogP contribution in [0.5, 0.6) is 0 Å². The van der Waals surface area contributed by atoms with E-state index in [1.54, 1.807) is 6.33 Å². The van der Waals surface area contributed by atoms with Crippen molar-refractivity contribution in [1.29, 1.82) is 0 Å². The number of rotatable bonds is 4. The van der Waals surface area contributed by atoms with Gasteiger partial charge in [0.05, 0.1) is 18.6 Å². The van der Waals surface area contributed by atoms with E-state index in [0.717, 1.165) is 74.6 Å². The molecule has 2 aliphatic heterocycles. The van der Waals surface area contributed by atoms with Gasteiger partial charge in [-0.15, -0.1) is 0 Å².